The van der Waals surface area contributed by atoms with Crippen molar-refractivity contribution < 1.29 is 0 Å². The Balaban J connectivity index is 2.02. The van der Waals surface area contributed by atoms with E-state index in [9.17, 15) is 0 Å². The van der Waals surface area contributed by atoms with E-state index in [0.717, 1.165) is 11.3 Å². The number of rotatable bonds is 3. The lowest BCUT2D eigenvalue weighted by Gasteiger charge is -2.09. The Morgan fingerprint density at radius 1 is 0.900 bits per heavy atom. The molecule has 0 fully saturated rings. The van der Waals surface area contributed by atoms with Crippen LogP contribution in [0.15, 0.2) is 67.0 Å². The summed E-state index contributed by atoms with van der Waals surface area (Å²) in [7, 11) is 0. The lowest BCUT2D eigenvalue weighted by Crippen LogP contribution is -2.00. The van der Waals surface area contributed by atoms with Gasteiger partial charge in [-0.2, -0.15) is 5.10 Å². The molecule has 0 bridgehead atoms. The van der Waals surface area contributed by atoms with Gasteiger partial charge in [-0.1, -0.05) is 60.7 Å². The minimum Gasteiger partial charge on any atom is -0.240 e. The van der Waals surface area contributed by atoms with Gasteiger partial charge in [0.25, 0.3) is 0 Å². The van der Waals surface area contributed by atoms with E-state index in [-0.39, 0.29) is 0 Å². The maximum absolute atomic E-state index is 4.35. The summed E-state index contributed by atoms with van der Waals surface area (Å²) in [4.78, 5) is 0. The Morgan fingerprint density at radius 3 is 2.50 bits per heavy atom. The molecule has 3 rings (SSSR count). The fourth-order valence-electron chi connectivity index (χ4n) is 2.28. The summed E-state index contributed by atoms with van der Waals surface area (Å²) in [6.07, 6.45) is 8.04. The molecule has 1 aromatic heterocycles. The second kappa shape index (κ2) is 5.57. The summed E-state index contributed by atoms with van der Waals surface area (Å²) in [5.74, 6) is 0. The lowest BCUT2D eigenvalue weighted by molar-refractivity contribution is 0.871. The van der Waals surface area contributed by atoms with Gasteiger partial charge in [0.2, 0.25) is 0 Å². The molecule has 0 unspecified atom stereocenters. The largest absolute Gasteiger partial charge is 0.240 e. The SMILES string of the molecule is Cc1cccc(/C=C/c2ccccc2)c1-n1cccn1. The molecule has 2 heteroatoms. The molecule has 0 saturated heterocycles. The van der Waals surface area contributed by atoms with E-state index in [1.165, 1.54) is 11.1 Å². The monoisotopic (exact) mass is 260 g/mol. The van der Waals surface area contributed by atoms with E-state index in [4.69, 9.17) is 0 Å². The number of para-hydroxylation sites is 1. The Morgan fingerprint density at radius 2 is 1.75 bits per heavy atom. The highest BCUT2D eigenvalue weighted by atomic mass is 15.3. The van der Waals surface area contributed by atoms with Crippen LogP contribution < -0.4 is 0 Å². The molecule has 0 aliphatic carbocycles. The van der Waals surface area contributed by atoms with E-state index < -0.39 is 0 Å². The molecule has 0 atom stereocenters. The quantitative estimate of drug-likeness (QED) is 0.640. The average molecular weight is 260 g/mol. The van der Waals surface area contributed by atoms with Crippen molar-refractivity contribution >= 4 is 12.2 Å². The third kappa shape index (κ3) is 2.54. The fourth-order valence-corrected chi connectivity index (χ4v) is 2.28. The summed E-state index contributed by atoms with van der Waals surface area (Å²) in [6.45, 7) is 2.11. The Labute approximate surface area is 119 Å². The van der Waals surface area contributed by atoms with Crippen LogP contribution in [0.2, 0.25) is 0 Å². The van der Waals surface area contributed by atoms with Gasteiger partial charge in [-0.3, -0.25) is 0 Å². The van der Waals surface area contributed by atoms with Gasteiger partial charge in [0, 0.05) is 18.0 Å². The van der Waals surface area contributed by atoms with Crippen molar-refractivity contribution in [3.63, 3.8) is 0 Å². The Kier molecular flexibility index (Phi) is 3.46. The second-order valence-corrected chi connectivity index (χ2v) is 4.71. The van der Waals surface area contributed by atoms with E-state index in [1.807, 2.05) is 35.1 Å². The molecule has 0 aliphatic rings. The van der Waals surface area contributed by atoms with Gasteiger partial charge in [-0.25, -0.2) is 4.68 Å². The molecule has 2 nitrogen and oxygen atoms in total. The first kappa shape index (κ1) is 12.4. The van der Waals surface area contributed by atoms with Crippen molar-refractivity contribution in [3.8, 4) is 5.69 Å². The van der Waals surface area contributed by atoms with Gasteiger partial charge < -0.3 is 0 Å². The maximum Gasteiger partial charge on any atom is 0.0746 e. The van der Waals surface area contributed by atoms with E-state index in [1.54, 1.807) is 6.20 Å². The number of nitrogens with zero attached hydrogens (tertiary/aromatic N) is 2. The summed E-state index contributed by atoms with van der Waals surface area (Å²) < 4.78 is 1.92. The summed E-state index contributed by atoms with van der Waals surface area (Å²) in [5, 5.41) is 4.35. The highest BCUT2D eigenvalue weighted by molar-refractivity contribution is 5.74. The minimum absolute atomic E-state index is 1.13. The zero-order valence-electron chi connectivity index (χ0n) is 11.4. The van der Waals surface area contributed by atoms with Crippen molar-refractivity contribution in [1.82, 2.24) is 9.78 Å². The Bertz CT molecular complexity index is 710. The number of aromatic nitrogens is 2. The molecule has 0 saturated carbocycles. The summed E-state index contributed by atoms with van der Waals surface area (Å²) in [6, 6.07) is 18.6. The normalized spacial score (nSPS) is 11.1. The zero-order valence-corrected chi connectivity index (χ0v) is 11.4. The van der Waals surface area contributed by atoms with Crippen LogP contribution in [0.3, 0.4) is 0 Å². The van der Waals surface area contributed by atoms with E-state index in [2.05, 4.69) is 54.5 Å². The van der Waals surface area contributed by atoms with Gasteiger partial charge in [0.1, 0.15) is 0 Å². The first-order valence-corrected chi connectivity index (χ1v) is 6.67. The van der Waals surface area contributed by atoms with E-state index in [0.29, 0.717) is 0 Å². The number of aryl methyl sites for hydroxylation is 1. The van der Waals surface area contributed by atoms with Crippen LogP contribution in [-0.4, -0.2) is 9.78 Å². The lowest BCUT2D eigenvalue weighted by atomic mass is 10.1. The first-order chi connectivity index (χ1) is 9.84. The molecule has 0 spiro atoms. The number of benzene rings is 2. The van der Waals surface area contributed by atoms with Gasteiger partial charge in [0.05, 0.1) is 5.69 Å². The predicted molar refractivity (Wildman–Crippen MR) is 83.7 cm³/mol. The molecule has 20 heavy (non-hydrogen) atoms. The molecule has 0 N–H and O–H groups in total. The topological polar surface area (TPSA) is 17.8 Å². The second-order valence-electron chi connectivity index (χ2n) is 4.71. The van der Waals surface area contributed by atoms with Gasteiger partial charge in [0.15, 0.2) is 0 Å². The maximum atomic E-state index is 4.35. The molecule has 0 radical (unpaired) electrons. The van der Waals surface area contributed by atoms with Crippen molar-refractivity contribution in [2.24, 2.45) is 0 Å². The standard InChI is InChI=1S/C18H16N2/c1-15-7-5-10-17(18(15)20-14-6-13-19-20)12-11-16-8-3-2-4-9-16/h2-14H,1H3/b12-11+. The fraction of sp³-hybridized carbons (Fsp3) is 0.0556. The highest BCUT2D eigenvalue weighted by Crippen LogP contribution is 2.20. The zero-order chi connectivity index (χ0) is 13.8. The molecule has 2 aromatic carbocycles. The summed E-state index contributed by atoms with van der Waals surface area (Å²) in [5.41, 5.74) is 4.70. The van der Waals surface area contributed by atoms with Crippen LogP contribution in [0.1, 0.15) is 16.7 Å². The van der Waals surface area contributed by atoms with Crippen LogP contribution in [0.25, 0.3) is 17.8 Å². The third-order valence-electron chi connectivity index (χ3n) is 3.26. The average Bonchev–Trinajstić information content (AvgIpc) is 3.00. The van der Waals surface area contributed by atoms with Crippen LogP contribution in [0, 0.1) is 6.92 Å². The van der Waals surface area contributed by atoms with Crippen molar-refractivity contribution in [2.75, 3.05) is 0 Å². The van der Waals surface area contributed by atoms with Crippen molar-refractivity contribution in [3.05, 3.63) is 83.7 Å². The molecule has 0 amide bonds. The number of hydrogen-bond donors (Lipinski definition) is 0. The number of hydrogen-bond acceptors (Lipinski definition) is 1. The molecular weight excluding hydrogens is 244 g/mol. The van der Waals surface area contributed by atoms with Crippen LogP contribution in [0.4, 0.5) is 0 Å². The molecule has 1 heterocycles. The first-order valence-electron chi connectivity index (χ1n) is 6.67. The van der Waals surface area contributed by atoms with Gasteiger partial charge >= 0.3 is 0 Å². The van der Waals surface area contributed by atoms with E-state index >= 15 is 0 Å². The van der Waals surface area contributed by atoms with Crippen LogP contribution in [-0.2, 0) is 0 Å². The minimum atomic E-state index is 1.13. The molecule has 0 aliphatic heterocycles. The Hall–Kier alpha value is -2.61. The molecule has 98 valence electrons. The summed E-state index contributed by atoms with van der Waals surface area (Å²) >= 11 is 0. The van der Waals surface area contributed by atoms with Crippen molar-refractivity contribution in [2.45, 2.75) is 6.92 Å². The highest BCUT2D eigenvalue weighted by Gasteiger charge is 2.05. The smallest absolute Gasteiger partial charge is 0.0746 e. The van der Waals surface area contributed by atoms with Crippen molar-refractivity contribution in [1.29, 1.82) is 0 Å². The van der Waals surface area contributed by atoms with Crippen LogP contribution in [0.5, 0.6) is 0 Å². The third-order valence-corrected chi connectivity index (χ3v) is 3.26. The predicted octanol–water partition coefficient (Wildman–Crippen LogP) is 4.35. The molecular formula is C18H16N2. The van der Waals surface area contributed by atoms with Gasteiger partial charge in [-0.15, -0.1) is 0 Å². The molecule has 3 aromatic rings. The van der Waals surface area contributed by atoms with Crippen LogP contribution >= 0.6 is 0 Å². The van der Waals surface area contributed by atoms with Gasteiger partial charge in [-0.05, 0) is 24.1 Å².